The second-order valence-corrected chi connectivity index (χ2v) is 5.61. The van der Waals surface area contributed by atoms with Crippen molar-refractivity contribution in [2.45, 2.75) is 11.3 Å². The van der Waals surface area contributed by atoms with Crippen LogP contribution in [-0.2, 0) is 4.79 Å². The zero-order valence-electron chi connectivity index (χ0n) is 12.6. The molecule has 0 bridgehead atoms. The zero-order chi connectivity index (χ0) is 16.9. The van der Waals surface area contributed by atoms with E-state index in [1.54, 1.807) is 6.07 Å². The molecule has 1 aromatic heterocycles. The van der Waals surface area contributed by atoms with Crippen LogP contribution in [0.4, 0.5) is 4.79 Å². The number of rotatable bonds is 4. The number of nitrogens with one attached hydrogen (secondary N) is 2. The van der Waals surface area contributed by atoms with Crippen molar-refractivity contribution in [3.05, 3.63) is 30.2 Å². The Bertz CT molecular complexity index is 750. The number of amides is 3. The minimum atomic E-state index is -0.571. The molecule has 2 N–H and O–H groups in total. The number of thioether (sulfide) groups is 1. The number of nitrogens with zero attached hydrogens (tertiary/aromatic N) is 2. The van der Waals surface area contributed by atoms with Gasteiger partial charge in [-0.25, -0.2) is 4.79 Å². The smallest absolute Gasteiger partial charge is 0.321 e. The van der Waals surface area contributed by atoms with Crippen molar-refractivity contribution in [3.8, 4) is 11.5 Å². The summed E-state index contributed by atoms with van der Waals surface area (Å²) in [5.41, 5.74) is 0. The lowest BCUT2D eigenvalue weighted by Gasteiger charge is -2.23. The molecule has 1 aliphatic rings. The third-order valence-corrected chi connectivity index (χ3v) is 3.83. The van der Waals surface area contributed by atoms with Crippen molar-refractivity contribution in [1.29, 1.82) is 0 Å². The number of para-hydroxylation sites is 2. The molecule has 0 saturated carbocycles. The van der Waals surface area contributed by atoms with E-state index in [0.29, 0.717) is 11.5 Å². The van der Waals surface area contributed by atoms with Gasteiger partial charge in [-0.2, -0.15) is 0 Å². The number of hydrogen-bond acceptors (Lipinski definition) is 8. The van der Waals surface area contributed by atoms with E-state index in [9.17, 15) is 9.59 Å². The fourth-order valence-corrected chi connectivity index (χ4v) is 2.47. The average Bonchev–Trinajstić information content (AvgIpc) is 3.08. The van der Waals surface area contributed by atoms with E-state index < -0.39 is 18.0 Å². The number of hydrogen-bond donors (Lipinski definition) is 2. The molecule has 24 heavy (non-hydrogen) atoms. The summed E-state index contributed by atoms with van der Waals surface area (Å²) in [5, 5.41) is 12.4. The number of benzene rings is 1. The summed E-state index contributed by atoms with van der Waals surface area (Å²) in [4.78, 5) is 22.5. The van der Waals surface area contributed by atoms with Gasteiger partial charge in [-0.05, 0) is 12.1 Å². The Morgan fingerprint density at radius 3 is 2.88 bits per heavy atom. The number of carbonyl (C=O) groups excluding carboxylic acids is 2. The van der Waals surface area contributed by atoms with Gasteiger partial charge in [0.25, 0.3) is 11.1 Å². The lowest BCUT2D eigenvalue weighted by molar-refractivity contribution is -0.117. The third-order valence-electron chi connectivity index (χ3n) is 3.01. The molecule has 10 heteroatoms. The molecule has 3 amide bonds. The number of fused-ring (bicyclic) bond motifs is 1. The van der Waals surface area contributed by atoms with Gasteiger partial charge in [0, 0.05) is 7.05 Å². The highest BCUT2D eigenvalue weighted by atomic mass is 32.2. The first-order valence-corrected chi connectivity index (χ1v) is 8.00. The number of imide groups is 1. The van der Waals surface area contributed by atoms with Crippen LogP contribution in [0.15, 0.2) is 33.9 Å². The van der Waals surface area contributed by atoms with Gasteiger partial charge in [0.05, 0.1) is 5.75 Å². The Morgan fingerprint density at radius 2 is 2.08 bits per heavy atom. The predicted octanol–water partition coefficient (Wildman–Crippen LogP) is 1.13. The molecule has 0 saturated heterocycles. The second-order valence-electron chi connectivity index (χ2n) is 4.69. The van der Waals surface area contributed by atoms with E-state index in [0.717, 1.165) is 11.8 Å². The summed E-state index contributed by atoms with van der Waals surface area (Å²) >= 11 is 1.02. The van der Waals surface area contributed by atoms with Gasteiger partial charge in [-0.15, -0.1) is 10.2 Å². The van der Waals surface area contributed by atoms with Crippen LogP contribution in [0, 0.1) is 0 Å². The molecule has 126 valence electrons. The van der Waals surface area contributed by atoms with Crippen LogP contribution in [0.1, 0.15) is 12.0 Å². The summed E-state index contributed by atoms with van der Waals surface area (Å²) in [6, 6.07) is 6.72. The number of urea groups is 1. The quantitative estimate of drug-likeness (QED) is 0.789. The van der Waals surface area contributed by atoms with Crippen molar-refractivity contribution in [2.75, 3.05) is 19.4 Å². The predicted molar refractivity (Wildman–Crippen MR) is 82.9 cm³/mol. The van der Waals surface area contributed by atoms with E-state index >= 15 is 0 Å². The standard InChI is InChI=1S/C14H14N4O5S/c1-15-13(20)16-11(19)7-24-14-18-17-12(23-14)10-6-21-8-4-2-3-5-9(8)22-10/h2-5,10H,6-7H2,1H3,(H2,15,16,19,20)/t10-/m1/s1. The molecule has 2 aromatic rings. The topological polar surface area (TPSA) is 116 Å². The molecule has 0 spiro atoms. The van der Waals surface area contributed by atoms with Crippen LogP contribution >= 0.6 is 11.8 Å². The monoisotopic (exact) mass is 350 g/mol. The summed E-state index contributed by atoms with van der Waals surface area (Å²) in [6.45, 7) is 0.250. The maximum absolute atomic E-state index is 11.5. The van der Waals surface area contributed by atoms with Crippen LogP contribution in [0.3, 0.4) is 0 Å². The molecule has 0 radical (unpaired) electrons. The Hall–Kier alpha value is -2.75. The Morgan fingerprint density at radius 1 is 1.29 bits per heavy atom. The number of aromatic nitrogens is 2. The van der Waals surface area contributed by atoms with Crippen molar-refractivity contribution in [3.63, 3.8) is 0 Å². The van der Waals surface area contributed by atoms with Gasteiger partial charge in [-0.3, -0.25) is 10.1 Å². The first kappa shape index (κ1) is 16.1. The summed E-state index contributed by atoms with van der Waals surface area (Å²) < 4.78 is 16.8. The number of carbonyl (C=O) groups is 2. The molecule has 1 atom stereocenters. The van der Waals surface area contributed by atoms with Gasteiger partial charge < -0.3 is 19.2 Å². The van der Waals surface area contributed by atoms with Crippen LogP contribution in [0.2, 0.25) is 0 Å². The Labute approximate surface area is 141 Å². The van der Waals surface area contributed by atoms with Crippen molar-refractivity contribution >= 4 is 23.7 Å². The number of ether oxygens (including phenoxy) is 2. The van der Waals surface area contributed by atoms with Gasteiger partial charge >= 0.3 is 6.03 Å². The van der Waals surface area contributed by atoms with E-state index in [2.05, 4.69) is 20.8 Å². The molecule has 0 fully saturated rings. The Balaban J connectivity index is 1.56. The molecule has 1 aliphatic heterocycles. The van der Waals surface area contributed by atoms with Gasteiger partial charge in [0.15, 0.2) is 11.5 Å². The van der Waals surface area contributed by atoms with Crippen LogP contribution in [0.5, 0.6) is 11.5 Å². The minimum absolute atomic E-state index is 0.0279. The minimum Gasteiger partial charge on any atom is -0.485 e. The molecule has 2 heterocycles. The van der Waals surface area contributed by atoms with Crippen molar-refractivity contribution in [2.24, 2.45) is 0 Å². The van der Waals surface area contributed by atoms with Gasteiger partial charge in [0.1, 0.15) is 6.61 Å². The molecule has 9 nitrogen and oxygen atoms in total. The first-order valence-electron chi connectivity index (χ1n) is 7.02. The molecule has 0 aliphatic carbocycles. The maximum atomic E-state index is 11.5. The Kier molecular flexibility index (Phi) is 4.85. The highest BCUT2D eigenvalue weighted by Gasteiger charge is 2.27. The van der Waals surface area contributed by atoms with Crippen LogP contribution < -0.4 is 20.1 Å². The van der Waals surface area contributed by atoms with Gasteiger partial charge in [-0.1, -0.05) is 23.9 Å². The van der Waals surface area contributed by atoms with Gasteiger partial charge in [0.2, 0.25) is 12.0 Å². The lowest BCUT2D eigenvalue weighted by atomic mass is 10.2. The van der Waals surface area contributed by atoms with E-state index in [1.807, 2.05) is 18.2 Å². The van der Waals surface area contributed by atoms with Crippen molar-refractivity contribution in [1.82, 2.24) is 20.8 Å². The summed E-state index contributed by atoms with van der Waals surface area (Å²) in [5.74, 6) is 1.03. The van der Waals surface area contributed by atoms with Crippen LogP contribution in [-0.4, -0.2) is 41.5 Å². The van der Waals surface area contributed by atoms with Crippen molar-refractivity contribution < 1.29 is 23.5 Å². The summed E-state index contributed by atoms with van der Waals surface area (Å²) in [7, 11) is 1.42. The molecular formula is C14H14N4O5S. The SMILES string of the molecule is CNC(=O)NC(=O)CSc1nnc([C@H]2COc3ccccc3O2)o1. The van der Waals surface area contributed by atoms with E-state index in [4.69, 9.17) is 13.9 Å². The first-order chi connectivity index (χ1) is 11.7. The molecule has 1 aromatic carbocycles. The fraction of sp³-hybridized carbons (Fsp3) is 0.286. The highest BCUT2D eigenvalue weighted by Crippen LogP contribution is 2.35. The third kappa shape index (κ3) is 3.77. The fourth-order valence-electron chi connectivity index (χ4n) is 1.90. The molecular weight excluding hydrogens is 336 g/mol. The average molecular weight is 350 g/mol. The highest BCUT2D eigenvalue weighted by molar-refractivity contribution is 7.99. The van der Waals surface area contributed by atoms with Crippen LogP contribution in [0.25, 0.3) is 0 Å². The molecule has 0 unspecified atom stereocenters. The largest absolute Gasteiger partial charge is 0.485 e. The summed E-state index contributed by atoms with van der Waals surface area (Å²) in [6.07, 6.45) is -0.513. The van der Waals surface area contributed by atoms with E-state index in [-0.39, 0.29) is 23.5 Å². The molecule has 3 rings (SSSR count). The maximum Gasteiger partial charge on any atom is 0.321 e. The lowest BCUT2D eigenvalue weighted by Crippen LogP contribution is -2.38. The zero-order valence-corrected chi connectivity index (χ0v) is 13.5. The van der Waals surface area contributed by atoms with E-state index in [1.165, 1.54) is 7.05 Å². The second kappa shape index (κ2) is 7.21. The normalized spacial score (nSPS) is 15.6.